The van der Waals surface area contributed by atoms with Gasteiger partial charge in [-0.2, -0.15) is 0 Å². The van der Waals surface area contributed by atoms with Crippen LogP contribution in [0.5, 0.6) is 0 Å². The summed E-state index contributed by atoms with van der Waals surface area (Å²) < 4.78 is 0. The van der Waals surface area contributed by atoms with Gasteiger partial charge in [0.2, 0.25) is 0 Å². The molecule has 2 N–H and O–H groups in total. The van der Waals surface area contributed by atoms with Crippen LogP contribution in [0.3, 0.4) is 0 Å². The average molecular weight is 343 g/mol. The average Bonchev–Trinajstić information content (AvgIpc) is 2.43. The number of rotatable bonds is 16. The standard InChI is InChI=1S/C15H30N2O2.2ClH/c18-14-8-12-16-10-6-4-2-1-3-5-7-11-17-13-9-15-19;;/h14-17H,1-13H2;2*1H. The molecule has 0 aromatic rings. The lowest BCUT2D eigenvalue weighted by atomic mass is 10.1. The molecule has 0 radical (unpaired) electrons. The molecule has 0 unspecified atom stereocenters. The Morgan fingerprint density at radius 3 is 1.19 bits per heavy atom. The van der Waals surface area contributed by atoms with E-state index in [1.807, 2.05) is 0 Å². The maximum absolute atomic E-state index is 10.1. The van der Waals surface area contributed by atoms with Crippen molar-refractivity contribution in [2.75, 3.05) is 26.2 Å². The highest BCUT2D eigenvalue weighted by Crippen LogP contribution is 2.06. The van der Waals surface area contributed by atoms with Gasteiger partial charge in [-0.05, 0) is 25.9 Å². The van der Waals surface area contributed by atoms with E-state index >= 15 is 0 Å². The number of nitrogens with one attached hydrogen (secondary N) is 2. The van der Waals surface area contributed by atoms with Gasteiger partial charge in [0, 0.05) is 25.9 Å². The highest BCUT2D eigenvalue weighted by atomic mass is 35.5. The van der Waals surface area contributed by atoms with Crippen molar-refractivity contribution >= 4 is 37.4 Å². The van der Waals surface area contributed by atoms with Crippen LogP contribution in [0.4, 0.5) is 0 Å². The molecule has 21 heavy (non-hydrogen) atoms. The van der Waals surface area contributed by atoms with Crippen molar-refractivity contribution in [3.8, 4) is 0 Å². The van der Waals surface area contributed by atoms with Crippen LogP contribution in [0.15, 0.2) is 0 Å². The lowest BCUT2D eigenvalue weighted by molar-refractivity contribution is -0.108. The first-order chi connectivity index (χ1) is 9.41. The molecule has 0 aromatic heterocycles. The molecule has 0 atom stereocenters. The summed E-state index contributed by atoms with van der Waals surface area (Å²) in [5.74, 6) is 0. The normalized spacial score (nSPS) is 9.52. The largest absolute Gasteiger partial charge is 0.316 e. The van der Waals surface area contributed by atoms with Crippen LogP contribution in [0, 0.1) is 0 Å². The molecule has 0 aliphatic rings. The van der Waals surface area contributed by atoms with E-state index < -0.39 is 0 Å². The minimum atomic E-state index is 0. The monoisotopic (exact) mass is 342 g/mol. The quantitative estimate of drug-likeness (QED) is 0.334. The van der Waals surface area contributed by atoms with Crippen molar-refractivity contribution in [3.05, 3.63) is 0 Å². The van der Waals surface area contributed by atoms with Gasteiger partial charge in [-0.1, -0.05) is 32.1 Å². The maximum Gasteiger partial charge on any atom is 0.121 e. The van der Waals surface area contributed by atoms with Crippen molar-refractivity contribution in [2.24, 2.45) is 0 Å². The summed E-state index contributed by atoms with van der Waals surface area (Å²) in [7, 11) is 0. The molecular formula is C15H32Cl2N2O2. The minimum Gasteiger partial charge on any atom is -0.316 e. The number of aldehydes is 2. The number of hydrogen-bond acceptors (Lipinski definition) is 4. The van der Waals surface area contributed by atoms with Gasteiger partial charge in [-0.15, -0.1) is 24.8 Å². The first-order valence-electron chi connectivity index (χ1n) is 7.70. The Balaban J connectivity index is -0.00000162. The van der Waals surface area contributed by atoms with Crippen molar-refractivity contribution < 1.29 is 9.59 Å². The number of halogens is 2. The zero-order chi connectivity index (χ0) is 14.0. The van der Waals surface area contributed by atoms with Crippen molar-refractivity contribution in [1.29, 1.82) is 0 Å². The second-order valence-electron chi connectivity index (χ2n) is 4.89. The molecule has 0 fully saturated rings. The van der Waals surface area contributed by atoms with Gasteiger partial charge in [0.1, 0.15) is 12.6 Å². The Bertz CT molecular complexity index is 188. The van der Waals surface area contributed by atoms with E-state index in [2.05, 4.69) is 10.6 Å². The molecule has 0 saturated carbocycles. The molecule has 0 saturated heterocycles. The maximum atomic E-state index is 10.1. The lowest BCUT2D eigenvalue weighted by Gasteiger charge is -2.04. The number of carbonyl (C=O) groups is 2. The molecule has 0 aliphatic heterocycles. The highest BCUT2D eigenvalue weighted by Gasteiger charge is 1.93. The van der Waals surface area contributed by atoms with E-state index in [-0.39, 0.29) is 24.8 Å². The van der Waals surface area contributed by atoms with Crippen molar-refractivity contribution in [2.45, 2.75) is 57.8 Å². The summed E-state index contributed by atoms with van der Waals surface area (Å²) in [5, 5.41) is 6.52. The zero-order valence-corrected chi connectivity index (χ0v) is 14.6. The number of carbonyl (C=O) groups excluding carboxylic acids is 2. The Hall–Kier alpha value is -0.160. The van der Waals surface area contributed by atoms with E-state index in [4.69, 9.17) is 0 Å². The summed E-state index contributed by atoms with van der Waals surface area (Å²) >= 11 is 0. The molecular weight excluding hydrogens is 311 g/mol. The summed E-state index contributed by atoms with van der Waals surface area (Å²) in [6, 6.07) is 0. The number of unbranched alkanes of at least 4 members (excludes halogenated alkanes) is 6. The second-order valence-corrected chi connectivity index (χ2v) is 4.89. The van der Waals surface area contributed by atoms with E-state index in [9.17, 15) is 9.59 Å². The van der Waals surface area contributed by atoms with Crippen LogP contribution in [0.1, 0.15) is 57.8 Å². The van der Waals surface area contributed by atoms with Gasteiger partial charge in [0.15, 0.2) is 0 Å². The molecule has 0 aliphatic carbocycles. The first-order valence-corrected chi connectivity index (χ1v) is 7.70. The predicted octanol–water partition coefficient (Wildman–Crippen LogP) is 2.92. The van der Waals surface area contributed by atoms with Gasteiger partial charge in [-0.3, -0.25) is 0 Å². The second kappa shape index (κ2) is 24.8. The van der Waals surface area contributed by atoms with Gasteiger partial charge in [-0.25, -0.2) is 0 Å². The van der Waals surface area contributed by atoms with Crippen molar-refractivity contribution in [1.82, 2.24) is 10.6 Å². The Morgan fingerprint density at radius 2 is 0.857 bits per heavy atom. The molecule has 0 aromatic carbocycles. The minimum absolute atomic E-state index is 0. The van der Waals surface area contributed by atoms with Gasteiger partial charge >= 0.3 is 0 Å². The molecule has 0 bridgehead atoms. The van der Waals surface area contributed by atoms with Crippen LogP contribution in [-0.2, 0) is 9.59 Å². The highest BCUT2D eigenvalue weighted by molar-refractivity contribution is 5.85. The predicted molar refractivity (Wildman–Crippen MR) is 93.9 cm³/mol. The Kier molecular flexibility index (Phi) is 30.5. The zero-order valence-electron chi connectivity index (χ0n) is 13.0. The molecule has 128 valence electrons. The topological polar surface area (TPSA) is 58.2 Å². The fourth-order valence-electron chi connectivity index (χ4n) is 1.96. The SMILES string of the molecule is Cl.Cl.O=CCCNCCCCCCCCCNCCC=O. The van der Waals surface area contributed by atoms with E-state index in [1.54, 1.807) is 0 Å². The van der Waals surface area contributed by atoms with Gasteiger partial charge in [0.05, 0.1) is 0 Å². The molecule has 6 heteroatoms. The molecule has 0 heterocycles. The van der Waals surface area contributed by atoms with Crippen LogP contribution in [0.25, 0.3) is 0 Å². The third-order valence-electron chi connectivity index (χ3n) is 3.09. The Labute approximate surface area is 142 Å². The van der Waals surface area contributed by atoms with E-state index in [0.29, 0.717) is 12.8 Å². The molecule has 0 rings (SSSR count). The molecule has 0 amide bonds. The van der Waals surface area contributed by atoms with Crippen molar-refractivity contribution in [3.63, 3.8) is 0 Å². The summed E-state index contributed by atoms with van der Waals surface area (Å²) in [5.41, 5.74) is 0. The van der Waals surface area contributed by atoms with E-state index in [0.717, 1.165) is 38.8 Å². The van der Waals surface area contributed by atoms with Gasteiger partial charge < -0.3 is 20.2 Å². The summed E-state index contributed by atoms with van der Waals surface area (Å²) in [6.45, 7) is 3.71. The third kappa shape index (κ3) is 25.2. The fourth-order valence-corrected chi connectivity index (χ4v) is 1.96. The lowest BCUT2D eigenvalue weighted by Crippen LogP contribution is -2.17. The molecule has 4 nitrogen and oxygen atoms in total. The van der Waals surface area contributed by atoms with E-state index in [1.165, 1.54) is 44.9 Å². The van der Waals surface area contributed by atoms with Crippen LogP contribution in [-0.4, -0.2) is 38.8 Å². The molecule has 0 spiro atoms. The summed E-state index contributed by atoms with van der Waals surface area (Å²) in [4.78, 5) is 20.2. The fraction of sp³-hybridized carbons (Fsp3) is 0.867. The van der Waals surface area contributed by atoms with Crippen LogP contribution in [0.2, 0.25) is 0 Å². The van der Waals surface area contributed by atoms with Gasteiger partial charge in [0.25, 0.3) is 0 Å². The Morgan fingerprint density at radius 1 is 0.524 bits per heavy atom. The van der Waals surface area contributed by atoms with Crippen LogP contribution < -0.4 is 10.6 Å². The van der Waals surface area contributed by atoms with Crippen LogP contribution >= 0.6 is 24.8 Å². The summed E-state index contributed by atoms with van der Waals surface area (Å²) in [6.07, 6.45) is 12.1. The smallest absolute Gasteiger partial charge is 0.121 e. The third-order valence-corrected chi connectivity index (χ3v) is 3.09. The number of hydrogen-bond donors (Lipinski definition) is 2. The first kappa shape index (κ1) is 25.8.